The lowest BCUT2D eigenvalue weighted by molar-refractivity contribution is -0.149. The minimum atomic E-state index is -0.113. The van der Waals surface area contributed by atoms with Gasteiger partial charge in [-0.1, -0.05) is 18.2 Å². The van der Waals surface area contributed by atoms with Gasteiger partial charge in [0.2, 0.25) is 0 Å². The number of hydrogen-bond acceptors (Lipinski definition) is 6. The number of nitrogens with one attached hydrogen (secondary N) is 1. The van der Waals surface area contributed by atoms with Crippen molar-refractivity contribution in [1.82, 2.24) is 9.88 Å². The maximum absolute atomic E-state index is 13.0. The van der Waals surface area contributed by atoms with Gasteiger partial charge in [-0.2, -0.15) is 0 Å². The third-order valence-electron chi connectivity index (χ3n) is 6.50. The number of amides is 1. The molecular weight excluding hydrogens is 446 g/mol. The van der Waals surface area contributed by atoms with Gasteiger partial charge in [-0.3, -0.25) is 19.5 Å². The molecule has 1 aromatic carbocycles. The van der Waals surface area contributed by atoms with E-state index in [0.717, 1.165) is 42.1 Å². The summed E-state index contributed by atoms with van der Waals surface area (Å²) in [5.74, 6) is -0.268. The summed E-state index contributed by atoms with van der Waals surface area (Å²) in [6.45, 7) is 8.03. The first-order chi connectivity index (χ1) is 16.5. The molecule has 0 aliphatic carbocycles. The van der Waals surface area contributed by atoms with E-state index in [2.05, 4.69) is 29.0 Å². The van der Waals surface area contributed by atoms with Crippen LogP contribution in [0.4, 0.5) is 5.00 Å². The van der Waals surface area contributed by atoms with Crippen molar-refractivity contribution in [2.45, 2.75) is 39.7 Å². The number of thiophene rings is 1. The van der Waals surface area contributed by atoms with Crippen molar-refractivity contribution in [3.05, 3.63) is 82.0 Å². The Bertz CT molecular complexity index is 1120. The van der Waals surface area contributed by atoms with E-state index in [4.69, 9.17) is 4.74 Å². The summed E-state index contributed by atoms with van der Waals surface area (Å²) in [4.78, 5) is 33.1. The van der Waals surface area contributed by atoms with Crippen molar-refractivity contribution >= 4 is 28.2 Å². The van der Waals surface area contributed by atoms with Gasteiger partial charge in [-0.25, -0.2) is 0 Å². The maximum atomic E-state index is 13.0. The fourth-order valence-electron chi connectivity index (χ4n) is 4.59. The van der Waals surface area contributed by atoms with Crippen molar-refractivity contribution < 1.29 is 14.3 Å². The third kappa shape index (κ3) is 5.21. The number of ether oxygens (including phenoxy) is 1. The topological polar surface area (TPSA) is 71.5 Å². The highest BCUT2D eigenvalue weighted by atomic mass is 32.1. The van der Waals surface area contributed by atoms with E-state index in [1.165, 1.54) is 10.4 Å². The van der Waals surface area contributed by atoms with E-state index in [9.17, 15) is 9.59 Å². The Morgan fingerprint density at radius 1 is 1.12 bits per heavy atom. The van der Waals surface area contributed by atoms with Crippen LogP contribution in [0.15, 0.2) is 54.9 Å². The average molecular weight is 478 g/mol. The number of nitrogens with zero attached hydrogens (tertiary/aromatic N) is 2. The molecule has 34 heavy (non-hydrogen) atoms. The summed E-state index contributed by atoms with van der Waals surface area (Å²) in [5.41, 5.74) is 4.06. The molecule has 0 unspecified atom stereocenters. The summed E-state index contributed by atoms with van der Waals surface area (Å²) in [6, 6.07) is 13.3. The Kier molecular flexibility index (Phi) is 7.75. The molecule has 7 heteroatoms. The summed E-state index contributed by atoms with van der Waals surface area (Å²) >= 11 is 1.61. The zero-order valence-electron chi connectivity index (χ0n) is 19.9. The number of hydrogen-bond donors (Lipinski definition) is 1. The molecule has 1 amide bonds. The fraction of sp³-hybridized carbons (Fsp3) is 0.370. The molecule has 3 heterocycles. The van der Waals surface area contributed by atoms with Gasteiger partial charge in [0.25, 0.3) is 5.91 Å². The van der Waals surface area contributed by atoms with E-state index in [1.807, 2.05) is 61.8 Å². The molecule has 1 N–H and O–H groups in total. The van der Waals surface area contributed by atoms with Crippen molar-refractivity contribution in [2.75, 3.05) is 25.0 Å². The first-order valence-corrected chi connectivity index (χ1v) is 12.6. The van der Waals surface area contributed by atoms with Crippen molar-refractivity contribution in [1.29, 1.82) is 0 Å². The second-order valence-corrected chi connectivity index (χ2v) is 9.82. The van der Waals surface area contributed by atoms with E-state index in [-0.39, 0.29) is 23.8 Å². The Hall–Kier alpha value is -3.03. The number of carbonyl (C=O) groups is 2. The summed E-state index contributed by atoms with van der Waals surface area (Å²) < 4.78 is 5.26. The zero-order valence-corrected chi connectivity index (χ0v) is 20.7. The predicted octanol–water partition coefficient (Wildman–Crippen LogP) is 5.38. The normalized spacial score (nSPS) is 15.6. The van der Waals surface area contributed by atoms with Gasteiger partial charge in [-0.05, 0) is 82.1 Å². The van der Waals surface area contributed by atoms with Gasteiger partial charge < -0.3 is 10.1 Å². The number of rotatable bonds is 7. The highest BCUT2D eigenvalue weighted by Gasteiger charge is 2.34. The van der Waals surface area contributed by atoms with E-state index in [1.54, 1.807) is 11.3 Å². The Labute approximate surface area is 205 Å². The lowest BCUT2D eigenvalue weighted by Crippen LogP contribution is -2.40. The van der Waals surface area contributed by atoms with E-state index < -0.39 is 0 Å². The van der Waals surface area contributed by atoms with E-state index >= 15 is 0 Å². The molecule has 1 fully saturated rings. The number of aromatic nitrogens is 1. The van der Waals surface area contributed by atoms with Crippen LogP contribution in [0, 0.1) is 19.8 Å². The maximum Gasteiger partial charge on any atom is 0.309 e. The molecule has 0 bridgehead atoms. The minimum Gasteiger partial charge on any atom is -0.466 e. The van der Waals surface area contributed by atoms with Crippen molar-refractivity contribution in [2.24, 2.45) is 5.92 Å². The van der Waals surface area contributed by atoms with Gasteiger partial charge in [0.05, 0.1) is 18.6 Å². The molecule has 0 radical (unpaired) electrons. The molecule has 1 atom stereocenters. The smallest absolute Gasteiger partial charge is 0.309 e. The number of pyridine rings is 1. The largest absolute Gasteiger partial charge is 0.466 e. The van der Waals surface area contributed by atoms with Crippen LogP contribution in [0.5, 0.6) is 0 Å². The summed E-state index contributed by atoms with van der Waals surface area (Å²) in [5, 5.41) is 4.06. The third-order valence-corrected chi connectivity index (χ3v) is 7.64. The number of piperidine rings is 1. The molecular formula is C27H31N3O3S. The lowest BCUT2D eigenvalue weighted by atomic mass is 9.90. The second kappa shape index (κ2) is 10.9. The number of aryl methyl sites for hydroxylation is 1. The van der Waals surface area contributed by atoms with Gasteiger partial charge >= 0.3 is 5.97 Å². The quantitative estimate of drug-likeness (QED) is 0.463. The number of esters is 1. The molecule has 6 nitrogen and oxygen atoms in total. The predicted molar refractivity (Wildman–Crippen MR) is 135 cm³/mol. The molecule has 0 saturated carbocycles. The number of likely N-dealkylation sites (tertiary alicyclic amines) is 1. The van der Waals surface area contributed by atoms with Crippen LogP contribution >= 0.6 is 11.3 Å². The number of benzene rings is 1. The summed E-state index contributed by atoms with van der Waals surface area (Å²) in [7, 11) is 0. The van der Waals surface area contributed by atoms with Crippen LogP contribution in [0.25, 0.3) is 0 Å². The van der Waals surface area contributed by atoms with Crippen LogP contribution in [-0.4, -0.2) is 41.5 Å². The standard InChI is InChI=1S/C27H31N3O3S/c1-4-33-27(32)22-12-16-30(17-13-22)24(20-10-14-28-15-11-20)23-18(2)19(3)34-26(23)29-25(31)21-8-6-5-7-9-21/h5-11,14-15,22,24H,4,12-13,16-17H2,1-3H3,(H,29,31)/t24-/m0/s1. The minimum absolute atomic E-state index is 0.0397. The average Bonchev–Trinajstić information content (AvgIpc) is 3.14. The van der Waals surface area contributed by atoms with Crippen LogP contribution < -0.4 is 5.32 Å². The molecule has 3 aromatic rings. The van der Waals surface area contributed by atoms with Crippen LogP contribution in [0.1, 0.15) is 57.7 Å². The molecule has 0 spiro atoms. The monoisotopic (exact) mass is 477 g/mol. The van der Waals surface area contributed by atoms with Gasteiger partial charge in [0.1, 0.15) is 5.00 Å². The Morgan fingerprint density at radius 3 is 2.44 bits per heavy atom. The van der Waals surface area contributed by atoms with Gasteiger partial charge in [0, 0.05) is 28.4 Å². The molecule has 178 valence electrons. The summed E-state index contributed by atoms with van der Waals surface area (Å²) in [6.07, 6.45) is 5.14. The Morgan fingerprint density at radius 2 is 1.79 bits per heavy atom. The van der Waals surface area contributed by atoms with Crippen LogP contribution in [-0.2, 0) is 9.53 Å². The first-order valence-electron chi connectivity index (χ1n) is 11.8. The van der Waals surface area contributed by atoms with Crippen molar-refractivity contribution in [3.63, 3.8) is 0 Å². The van der Waals surface area contributed by atoms with Crippen LogP contribution in [0.3, 0.4) is 0 Å². The highest BCUT2D eigenvalue weighted by molar-refractivity contribution is 7.16. The molecule has 4 rings (SSSR count). The molecule has 1 aliphatic heterocycles. The number of anilines is 1. The lowest BCUT2D eigenvalue weighted by Gasteiger charge is -2.38. The molecule has 1 saturated heterocycles. The SMILES string of the molecule is CCOC(=O)C1CCN([C@@H](c2ccncc2)c2c(NC(=O)c3ccccc3)sc(C)c2C)CC1. The first kappa shape index (κ1) is 24.1. The van der Waals surface area contributed by atoms with Gasteiger partial charge in [0.15, 0.2) is 0 Å². The second-order valence-electron chi connectivity index (χ2n) is 8.59. The zero-order chi connectivity index (χ0) is 24.1. The van der Waals surface area contributed by atoms with Crippen molar-refractivity contribution in [3.8, 4) is 0 Å². The highest BCUT2D eigenvalue weighted by Crippen LogP contribution is 2.43. The van der Waals surface area contributed by atoms with E-state index in [0.29, 0.717) is 12.2 Å². The molecule has 1 aliphatic rings. The van der Waals surface area contributed by atoms with Crippen LogP contribution in [0.2, 0.25) is 0 Å². The molecule has 2 aromatic heterocycles. The fourth-order valence-corrected chi connectivity index (χ4v) is 5.68. The Balaban J connectivity index is 1.67. The number of carbonyl (C=O) groups excluding carboxylic acids is 2. The van der Waals surface area contributed by atoms with Gasteiger partial charge in [-0.15, -0.1) is 11.3 Å².